The zero-order valence-electron chi connectivity index (χ0n) is 12.3. The third kappa shape index (κ3) is 4.44. The Morgan fingerprint density at radius 3 is 2.47 bits per heavy atom. The fraction of sp³-hybridized carbons (Fsp3) is 0.929. The van der Waals surface area contributed by atoms with Crippen LogP contribution in [0.5, 0.6) is 0 Å². The van der Waals surface area contributed by atoms with E-state index >= 15 is 0 Å². The molecular formula is C14H27N3O2. The maximum absolute atomic E-state index is 11.6. The van der Waals surface area contributed by atoms with Gasteiger partial charge in [0.1, 0.15) is 0 Å². The van der Waals surface area contributed by atoms with E-state index in [-0.39, 0.29) is 11.9 Å². The second-order valence-corrected chi connectivity index (χ2v) is 5.81. The normalized spacial score (nSPS) is 27.4. The molecule has 0 bridgehead atoms. The van der Waals surface area contributed by atoms with E-state index in [9.17, 15) is 4.79 Å². The number of piperidine rings is 1. The van der Waals surface area contributed by atoms with Gasteiger partial charge in [0.05, 0.1) is 13.0 Å². The molecule has 5 heteroatoms. The zero-order valence-corrected chi connectivity index (χ0v) is 12.3. The molecule has 2 fully saturated rings. The lowest BCUT2D eigenvalue weighted by atomic mass is 9.98. The smallest absolute Gasteiger partial charge is 0.309 e. The highest BCUT2D eigenvalue weighted by atomic mass is 16.5. The molecule has 0 spiro atoms. The summed E-state index contributed by atoms with van der Waals surface area (Å²) in [5.74, 6) is 0.0514. The van der Waals surface area contributed by atoms with E-state index in [2.05, 4.69) is 21.7 Å². The standard InChI is InChI=1S/C14H27N3O2/c1-15-6-8-16(9-7-15)10-11-17-5-3-4-13(12-17)14(18)19-2/h13H,3-12H2,1-2H3. The number of nitrogens with zero attached hydrogens (tertiary/aromatic N) is 3. The number of hydrogen-bond donors (Lipinski definition) is 0. The first-order valence-corrected chi connectivity index (χ1v) is 7.40. The number of piperazine rings is 1. The number of likely N-dealkylation sites (tertiary alicyclic amines) is 1. The van der Waals surface area contributed by atoms with Gasteiger partial charge in [-0.1, -0.05) is 0 Å². The Labute approximate surface area is 116 Å². The van der Waals surface area contributed by atoms with Gasteiger partial charge in [-0.25, -0.2) is 0 Å². The third-order valence-electron chi connectivity index (χ3n) is 4.37. The Morgan fingerprint density at radius 1 is 1.11 bits per heavy atom. The highest BCUT2D eigenvalue weighted by molar-refractivity contribution is 5.72. The van der Waals surface area contributed by atoms with Crippen molar-refractivity contribution in [3.8, 4) is 0 Å². The van der Waals surface area contributed by atoms with Crippen LogP contribution in [0.25, 0.3) is 0 Å². The quantitative estimate of drug-likeness (QED) is 0.678. The van der Waals surface area contributed by atoms with Crippen molar-refractivity contribution in [1.29, 1.82) is 0 Å². The fourth-order valence-corrected chi connectivity index (χ4v) is 2.97. The first-order chi connectivity index (χ1) is 9.19. The van der Waals surface area contributed by atoms with E-state index in [1.165, 1.54) is 33.3 Å². The van der Waals surface area contributed by atoms with Gasteiger partial charge in [0.25, 0.3) is 0 Å². The maximum atomic E-state index is 11.6. The van der Waals surface area contributed by atoms with Gasteiger partial charge in [-0.05, 0) is 26.4 Å². The molecule has 2 rings (SSSR count). The number of esters is 1. The summed E-state index contributed by atoms with van der Waals surface area (Å²) < 4.78 is 4.86. The average molecular weight is 269 g/mol. The minimum absolute atomic E-state index is 0.0377. The predicted molar refractivity (Wildman–Crippen MR) is 75.1 cm³/mol. The number of rotatable bonds is 4. The van der Waals surface area contributed by atoms with Crippen molar-refractivity contribution in [2.45, 2.75) is 12.8 Å². The number of methoxy groups -OCH3 is 1. The summed E-state index contributed by atoms with van der Waals surface area (Å²) in [5.41, 5.74) is 0. The maximum Gasteiger partial charge on any atom is 0.309 e. The van der Waals surface area contributed by atoms with Gasteiger partial charge in [0.15, 0.2) is 0 Å². The lowest BCUT2D eigenvalue weighted by Crippen LogP contribution is -2.48. The SMILES string of the molecule is COC(=O)C1CCCN(CCN2CCN(C)CC2)C1. The zero-order chi connectivity index (χ0) is 13.7. The molecule has 0 N–H and O–H groups in total. The first-order valence-electron chi connectivity index (χ1n) is 7.40. The number of carbonyl (C=O) groups is 1. The molecule has 0 aromatic carbocycles. The third-order valence-corrected chi connectivity index (χ3v) is 4.37. The molecular weight excluding hydrogens is 242 g/mol. The molecule has 0 saturated carbocycles. The van der Waals surface area contributed by atoms with Crippen LogP contribution in [-0.4, -0.2) is 87.2 Å². The number of ether oxygens (including phenoxy) is 1. The highest BCUT2D eigenvalue weighted by Gasteiger charge is 2.26. The molecule has 2 saturated heterocycles. The van der Waals surface area contributed by atoms with Crippen LogP contribution >= 0.6 is 0 Å². The second-order valence-electron chi connectivity index (χ2n) is 5.81. The molecule has 2 aliphatic rings. The van der Waals surface area contributed by atoms with Crippen molar-refractivity contribution in [3.05, 3.63) is 0 Å². The van der Waals surface area contributed by atoms with E-state index in [0.29, 0.717) is 0 Å². The summed E-state index contributed by atoms with van der Waals surface area (Å²) in [4.78, 5) is 18.9. The van der Waals surface area contributed by atoms with Crippen molar-refractivity contribution < 1.29 is 9.53 Å². The number of hydrogen-bond acceptors (Lipinski definition) is 5. The topological polar surface area (TPSA) is 36.0 Å². The number of carbonyl (C=O) groups excluding carboxylic acids is 1. The lowest BCUT2D eigenvalue weighted by Gasteiger charge is -2.36. The van der Waals surface area contributed by atoms with E-state index in [1.807, 2.05) is 0 Å². The number of likely N-dealkylation sites (N-methyl/N-ethyl adjacent to an activating group) is 1. The Bertz CT molecular complexity index is 290. The van der Waals surface area contributed by atoms with Crippen LogP contribution in [0.1, 0.15) is 12.8 Å². The summed E-state index contributed by atoms with van der Waals surface area (Å²) in [6.45, 7) is 8.89. The molecule has 1 atom stereocenters. The van der Waals surface area contributed by atoms with Crippen molar-refractivity contribution in [2.24, 2.45) is 5.92 Å². The molecule has 110 valence electrons. The average Bonchev–Trinajstić information content (AvgIpc) is 2.46. The summed E-state index contributed by atoms with van der Waals surface area (Å²) in [5, 5.41) is 0. The molecule has 2 aliphatic heterocycles. The predicted octanol–water partition coefficient (Wildman–Crippen LogP) is 0.119. The van der Waals surface area contributed by atoms with E-state index in [0.717, 1.165) is 39.0 Å². The Balaban J connectivity index is 1.69. The highest BCUT2D eigenvalue weighted by Crippen LogP contribution is 2.17. The van der Waals surface area contributed by atoms with E-state index in [4.69, 9.17) is 4.74 Å². The Morgan fingerprint density at radius 2 is 1.79 bits per heavy atom. The van der Waals surface area contributed by atoms with Crippen LogP contribution in [0, 0.1) is 5.92 Å². The van der Waals surface area contributed by atoms with Gasteiger partial charge in [-0.15, -0.1) is 0 Å². The largest absolute Gasteiger partial charge is 0.469 e. The Hall–Kier alpha value is -0.650. The van der Waals surface area contributed by atoms with Crippen LogP contribution in [0.15, 0.2) is 0 Å². The van der Waals surface area contributed by atoms with Crippen LogP contribution in [0.2, 0.25) is 0 Å². The van der Waals surface area contributed by atoms with Gasteiger partial charge in [0, 0.05) is 45.8 Å². The Kier molecular flexibility index (Phi) is 5.60. The summed E-state index contributed by atoms with van der Waals surface area (Å²) in [7, 11) is 3.68. The van der Waals surface area contributed by atoms with Crippen LogP contribution in [0.3, 0.4) is 0 Å². The minimum Gasteiger partial charge on any atom is -0.469 e. The molecule has 0 radical (unpaired) electrons. The van der Waals surface area contributed by atoms with Crippen LogP contribution in [0.4, 0.5) is 0 Å². The molecule has 0 aromatic rings. The molecule has 1 unspecified atom stereocenters. The molecule has 5 nitrogen and oxygen atoms in total. The molecule has 0 amide bonds. The van der Waals surface area contributed by atoms with Gasteiger partial charge >= 0.3 is 5.97 Å². The van der Waals surface area contributed by atoms with Crippen molar-refractivity contribution in [1.82, 2.24) is 14.7 Å². The van der Waals surface area contributed by atoms with Gasteiger partial charge in [0.2, 0.25) is 0 Å². The van der Waals surface area contributed by atoms with Crippen molar-refractivity contribution in [2.75, 3.05) is 66.5 Å². The summed E-state index contributed by atoms with van der Waals surface area (Å²) in [6, 6.07) is 0. The van der Waals surface area contributed by atoms with Crippen molar-refractivity contribution in [3.63, 3.8) is 0 Å². The minimum atomic E-state index is -0.0377. The summed E-state index contributed by atoms with van der Waals surface area (Å²) >= 11 is 0. The van der Waals surface area contributed by atoms with Gasteiger partial charge < -0.3 is 14.5 Å². The van der Waals surface area contributed by atoms with Gasteiger partial charge in [-0.3, -0.25) is 9.69 Å². The molecule has 2 heterocycles. The lowest BCUT2D eigenvalue weighted by molar-refractivity contribution is -0.147. The molecule has 19 heavy (non-hydrogen) atoms. The first kappa shape index (κ1) is 14.8. The van der Waals surface area contributed by atoms with E-state index in [1.54, 1.807) is 0 Å². The molecule has 0 aromatic heterocycles. The second kappa shape index (κ2) is 7.22. The van der Waals surface area contributed by atoms with Crippen LogP contribution < -0.4 is 0 Å². The van der Waals surface area contributed by atoms with Crippen LogP contribution in [-0.2, 0) is 9.53 Å². The monoisotopic (exact) mass is 269 g/mol. The van der Waals surface area contributed by atoms with E-state index < -0.39 is 0 Å². The van der Waals surface area contributed by atoms with Crippen molar-refractivity contribution >= 4 is 5.97 Å². The molecule has 0 aliphatic carbocycles. The summed E-state index contributed by atoms with van der Waals surface area (Å²) in [6.07, 6.45) is 2.10. The van der Waals surface area contributed by atoms with Gasteiger partial charge in [-0.2, -0.15) is 0 Å². The fourth-order valence-electron chi connectivity index (χ4n) is 2.97.